The van der Waals surface area contributed by atoms with Gasteiger partial charge in [0.05, 0.1) is 18.0 Å². The first kappa shape index (κ1) is 15.9. The Morgan fingerprint density at radius 2 is 2.26 bits per heavy atom. The quantitative estimate of drug-likeness (QED) is 0.732. The molecule has 2 N–H and O–H groups in total. The molecule has 0 fully saturated rings. The van der Waals surface area contributed by atoms with E-state index in [-0.39, 0.29) is 13.3 Å². The average Bonchev–Trinajstić information content (AvgIpc) is 2.40. The van der Waals surface area contributed by atoms with Crippen LogP contribution in [0.1, 0.15) is 5.56 Å². The lowest BCUT2D eigenvalue weighted by molar-refractivity contribution is -0.0284. The van der Waals surface area contributed by atoms with Crippen molar-refractivity contribution < 1.29 is 14.2 Å². The Hall–Kier alpha value is -1.12. The number of alkyl halides is 1. The summed E-state index contributed by atoms with van der Waals surface area (Å²) in [6, 6.07) is 0. The van der Waals surface area contributed by atoms with Crippen molar-refractivity contribution in [2.75, 3.05) is 19.5 Å². The number of hydrogen-bond donors (Lipinski definition) is 2. The second-order valence-electron chi connectivity index (χ2n) is 3.99. The summed E-state index contributed by atoms with van der Waals surface area (Å²) < 4.78 is 19.2. The van der Waals surface area contributed by atoms with Crippen molar-refractivity contribution in [1.29, 1.82) is 0 Å². The molecule has 2 unspecified atom stereocenters. The highest BCUT2D eigenvalue weighted by Crippen LogP contribution is 2.15. The molecular formula is C11H17FN2O4S. The molecule has 0 aliphatic heterocycles. The first-order chi connectivity index (χ1) is 9.03. The molecule has 0 spiro atoms. The molecule has 0 amide bonds. The highest BCUT2D eigenvalue weighted by atomic mass is 32.2. The second-order valence-corrected chi connectivity index (χ2v) is 5.06. The van der Waals surface area contributed by atoms with Crippen LogP contribution in [0.3, 0.4) is 0 Å². The van der Waals surface area contributed by atoms with E-state index in [0.717, 1.165) is 4.57 Å². The largest absolute Gasteiger partial charge is 0.394 e. The van der Waals surface area contributed by atoms with Crippen molar-refractivity contribution in [3.63, 3.8) is 0 Å². The minimum Gasteiger partial charge on any atom is -0.394 e. The van der Waals surface area contributed by atoms with Gasteiger partial charge in [0.15, 0.2) is 0 Å². The number of ether oxygens (including phenoxy) is 1. The maximum absolute atomic E-state index is 12.7. The van der Waals surface area contributed by atoms with Crippen LogP contribution >= 0.6 is 11.8 Å². The lowest BCUT2D eigenvalue weighted by Crippen LogP contribution is -2.36. The molecule has 108 valence electrons. The summed E-state index contributed by atoms with van der Waals surface area (Å²) in [6.07, 6.45) is 2.37. The molecule has 0 radical (unpaired) electrons. The number of hydrogen-bond acceptors (Lipinski definition) is 5. The molecule has 1 aromatic rings. The molecule has 2 atom stereocenters. The Labute approximate surface area is 113 Å². The lowest BCUT2D eigenvalue weighted by atomic mass is 10.3. The smallest absolute Gasteiger partial charge is 0.330 e. The van der Waals surface area contributed by atoms with Gasteiger partial charge in [-0.15, -0.1) is 0 Å². The Bertz CT molecular complexity index is 512. The molecule has 1 rings (SSSR count). The zero-order chi connectivity index (χ0) is 14.4. The van der Waals surface area contributed by atoms with E-state index in [4.69, 9.17) is 9.84 Å². The van der Waals surface area contributed by atoms with E-state index in [9.17, 15) is 14.0 Å². The van der Waals surface area contributed by atoms with Gasteiger partial charge in [0, 0.05) is 11.8 Å². The van der Waals surface area contributed by atoms with Gasteiger partial charge >= 0.3 is 5.69 Å². The molecule has 0 bridgehead atoms. The molecule has 19 heavy (non-hydrogen) atoms. The maximum Gasteiger partial charge on any atom is 0.330 e. The number of aliphatic hydroxyl groups is 1. The zero-order valence-electron chi connectivity index (χ0n) is 10.8. The number of aryl methyl sites for hydroxylation is 1. The van der Waals surface area contributed by atoms with Crippen molar-refractivity contribution >= 4 is 11.8 Å². The summed E-state index contributed by atoms with van der Waals surface area (Å²) in [7, 11) is 0. The summed E-state index contributed by atoms with van der Waals surface area (Å²) in [6.45, 7) is 0.432. The molecule has 1 aromatic heterocycles. The number of rotatable bonds is 7. The van der Waals surface area contributed by atoms with E-state index in [1.807, 2.05) is 0 Å². The number of thioether (sulfide) groups is 1. The summed E-state index contributed by atoms with van der Waals surface area (Å²) in [4.78, 5) is 24.8. The minimum atomic E-state index is -0.709. The van der Waals surface area contributed by atoms with Crippen molar-refractivity contribution in [3.8, 4) is 0 Å². The predicted molar refractivity (Wildman–Crippen MR) is 71.3 cm³/mol. The first-order valence-corrected chi connectivity index (χ1v) is 6.93. The third-order valence-corrected chi connectivity index (χ3v) is 3.70. The number of nitrogens with one attached hydrogen (secondary N) is 1. The third kappa shape index (κ3) is 4.19. The van der Waals surface area contributed by atoms with E-state index in [1.54, 1.807) is 13.2 Å². The van der Waals surface area contributed by atoms with Crippen LogP contribution < -0.4 is 11.2 Å². The number of aliphatic hydroxyl groups excluding tert-OH is 1. The SMILES string of the molecule is CSC(CF)C(CO)OCn1cc(C)c(=O)[nH]c1=O. The predicted octanol–water partition coefficient (Wildman–Crippen LogP) is -0.119. The molecule has 8 heteroatoms. The van der Waals surface area contributed by atoms with Crippen molar-refractivity contribution in [1.82, 2.24) is 9.55 Å². The molecule has 1 heterocycles. The van der Waals surface area contributed by atoms with E-state index in [1.165, 1.54) is 18.0 Å². The van der Waals surface area contributed by atoms with Gasteiger partial charge in [-0.25, -0.2) is 9.18 Å². The fourth-order valence-corrected chi connectivity index (χ4v) is 2.08. The van der Waals surface area contributed by atoms with E-state index in [0.29, 0.717) is 5.56 Å². The lowest BCUT2D eigenvalue weighted by Gasteiger charge is -2.22. The minimum absolute atomic E-state index is 0.154. The summed E-state index contributed by atoms with van der Waals surface area (Å²) in [5.41, 5.74) is -0.686. The van der Waals surface area contributed by atoms with Crippen LogP contribution in [0.5, 0.6) is 0 Å². The molecule has 6 nitrogen and oxygen atoms in total. The van der Waals surface area contributed by atoms with Gasteiger partial charge in [-0.1, -0.05) is 0 Å². The zero-order valence-corrected chi connectivity index (χ0v) is 11.6. The van der Waals surface area contributed by atoms with Crippen LogP contribution in [-0.4, -0.2) is 45.5 Å². The Kier molecular flexibility index (Phi) is 6.26. The Morgan fingerprint density at radius 3 is 2.79 bits per heavy atom. The maximum atomic E-state index is 12.7. The topological polar surface area (TPSA) is 84.3 Å². The Morgan fingerprint density at radius 1 is 1.58 bits per heavy atom. The monoisotopic (exact) mass is 292 g/mol. The van der Waals surface area contributed by atoms with Crippen molar-refractivity contribution in [2.24, 2.45) is 0 Å². The molecular weight excluding hydrogens is 275 g/mol. The van der Waals surface area contributed by atoms with Crippen molar-refractivity contribution in [2.45, 2.75) is 25.0 Å². The van der Waals surface area contributed by atoms with Crippen molar-refractivity contribution in [3.05, 3.63) is 32.6 Å². The standard InChI is InChI=1S/C11H17FN2O4S/c1-7-4-14(11(17)13-10(7)16)6-18-8(5-15)9(3-12)19-2/h4,8-9,15H,3,5-6H2,1-2H3,(H,13,16,17). The van der Waals surface area contributed by atoms with E-state index < -0.39 is 29.3 Å². The molecule has 0 aliphatic rings. The van der Waals surface area contributed by atoms with Crippen LogP contribution in [0.25, 0.3) is 0 Å². The molecule has 0 saturated heterocycles. The molecule has 0 aliphatic carbocycles. The normalized spacial score (nSPS) is 14.3. The van der Waals surface area contributed by atoms with Crippen LogP contribution in [-0.2, 0) is 11.5 Å². The fourth-order valence-electron chi connectivity index (χ4n) is 1.48. The van der Waals surface area contributed by atoms with Gasteiger partial charge in [0.1, 0.15) is 13.4 Å². The van der Waals surface area contributed by atoms with Gasteiger partial charge in [-0.3, -0.25) is 14.3 Å². The second kappa shape index (κ2) is 7.46. The average molecular weight is 292 g/mol. The van der Waals surface area contributed by atoms with Crippen LogP contribution in [0.4, 0.5) is 4.39 Å². The van der Waals surface area contributed by atoms with Crippen LogP contribution in [0.2, 0.25) is 0 Å². The summed E-state index contributed by atoms with van der Waals surface area (Å²) >= 11 is 1.24. The number of aromatic nitrogens is 2. The molecule has 0 aromatic carbocycles. The highest BCUT2D eigenvalue weighted by Gasteiger charge is 2.21. The number of nitrogens with zero attached hydrogens (tertiary/aromatic N) is 1. The van der Waals surface area contributed by atoms with Gasteiger partial charge < -0.3 is 9.84 Å². The fraction of sp³-hybridized carbons (Fsp3) is 0.636. The number of aromatic amines is 1. The van der Waals surface area contributed by atoms with E-state index >= 15 is 0 Å². The highest BCUT2D eigenvalue weighted by molar-refractivity contribution is 7.99. The van der Waals surface area contributed by atoms with Gasteiger partial charge in [-0.2, -0.15) is 11.8 Å². The van der Waals surface area contributed by atoms with Crippen LogP contribution in [0, 0.1) is 6.92 Å². The Balaban J connectivity index is 2.78. The van der Waals surface area contributed by atoms with Gasteiger partial charge in [-0.05, 0) is 13.2 Å². The van der Waals surface area contributed by atoms with Gasteiger partial charge in [0.2, 0.25) is 0 Å². The van der Waals surface area contributed by atoms with E-state index in [2.05, 4.69) is 4.98 Å². The number of H-pyrrole nitrogens is 1. The summed E-state index contributed by atoms with van der Waals surface area (Å²) in [5.74, 6) is 0. The number of halogens is 1. The van der Waals surface area contributed by atoms with Crippen LogP contribution in [0.15, 0.2) is 15.8 Å². The molecule has 0 saturated carbocycles. The third-order valence-electron chi connectivity index (χ3n) is 2.67. The van der Waals surface area contributed by atoms with Gasteiger partial charge in [0.25, 0.3) is 5.56 Å². The first-order valence-electron chi connectivity index (χ1n) is 5.65. The summed E-state index contributed by atoms with van der Waals surface area (Å²) in [5, 5.41) is 8.66.